The van der Waals surface area contributed by atoms with Crippen LogP contribution in [0.2, 0.25) is 0 Å². The minimum atomic E-state index is -0.689. The van der Waals surface area contributed by atoms with Crippen LogP contribution in [0.5, 0.6) is 5.75 Å². The van der Waals surface area contributed by atoms with Crippen LogP contribution in [-0.4, -0.2) is 27.3 Å². The van der Waals surface area contributed by atoms with Gasteiger partial charge in [0.25, 0.3) is 5.91 Å². The van der Waals surface area contributed by atoms with Crippen LogP contribution in [0.15, 0.2) is 24.3 Å². The average molecular weight is 394 g/mol. The first-order chi connectivity index (χ1) is 13.9. The van der Waals surface area contributed by atoms with Crippen molar-refractivity contribution in [1.29, 1.82) is 0 Å². The molecule has 152 valence electrons. The molecule has 2 N–H and O–H groups in total. The van der Waals surface area contributed by atoms with E-state index in [0.29, 0.717) is 17.7 Å². The van der Waals surface area contributed by atoms with Crippen LogP contribution >= 0.6 is 0 Å². The largest absolute Gasteiger partial charge is 0.467 e. The molecule has 1 aliphatic heterocycles. The van der Waals surface area contributed by atoms with E-state index in [9.17, 15) is 9.59 Å². The van der Waals surface area contributed by atoms with E-state index in [-0.39, 0.29) is 29.6 Å². The van der Waals surface area contributed by atoms with E-state index in [1.807, 2.05) is 39.1 Å². The van der Waals surface area contributed by atoms with Crippen LogP contribution in [0, 0.1) is 31.6 Å². The molecule has 2 heterocycles. The van der Waals surface area contributed by atoms with Crippen molar-refractivity contribution in [1.82, 2.24) is 15.1 Å². The second-order valence-corrected chi connectivity index (χ2v) is 8.68. The van der Waals surface area contributed by atoms with Gasteiger partial charge in [-0.3, -0.25) is 14.3 Å². The molecule has 29 heavy (non-hydrogen) atoms. The molecule has 3 fully saturated rings. The number of nitrogens with zero attached hydrogens (tertiary/aromatic N) is 2. The van der Waals surface area contributed by atoms with E-state index in [2.05, 4.69) is 15.7 Å². The number of ether oxygens (including phenoxy) is 1. The van der Waals surface area contributed by atoms with Crippen molar-refractivity contribution in [3.63, 3.8) is 0 Å². The molecule has 2 amide bonds. The Bertz CT molecular complexity index is 1010. The molecule has 1 aromatic heterocycles. The summed E-state index contributed by atoms with van der Waals surface area (Å²) in [7, 11) is 1.88. The maximum absolute atomic E-state index is 13.1. The maximum atomic E-state index is 13.1. The number of fused-ring (bicyclic) bond motifs is 3. The van der Waals surface area contributed by atoms with Crippen molar-refractivity contribution >= 4 is 17.5 Å². The topological polar surface area (TPSA) is 85.3 Å². The molecular weight excluding hydrogens is 368 g/mol. The van der Waals surface area contributed by atoms with E-state index >= 15 is 0 Å². The lowest BCUT2D eigenvalue weighted by atomic mass is 9.60. The van der Waals surface area contributed by atoms with Crippen LogP contribution in [0.3, 0.4) is 0 Å². The van der Waals surface area contributed by atoms with Crippen molar-refractivity contribution < 1.29 is 14.3 Å². The lowest BCUT2D eigenvalue weighted by Crippen LogP contribution is -2.66. The van der Waals surface area contributed by atoms with Crippen LogP contribution in [0.25, 0.3) is 0 Å². The van der Waals surface area contributed by atoms with Crippen LogP contribution < -0.4 is 15.4 Å². The van der Waals surface area contributed by atoms with Gasteiger partial charge >= 0.3 is 0 Å². The Kier molecular flexibility index (Phi) is 3.98. The Hall–Kier alpha value is -2.83. The van der Waals surface area contributed by atoms with Gasteiger partial charge in [0, 0.05) is 25.3 Å². The lowest BCUT2D eigenvalue weighted by molar-refractivity contribution is -0.142. The van der Waals surface area contributed by atoms with E-state index in [0.717, 1.165) is 36.3 Å². The molecule has 4 atom stereocenters. The van der Waals surface area contributed by atoms with Gasteiger partial charge in [-0.1, -0.05) is 12.1 Å². The Morgan fingerprint density at radius 1 is 1.31 bits per heavy atom. The van der Waals surface area contributed by atoms with Crippen molar-refractivity contribution in [2.45, 2.75) is 45.3 Å². The fraction of sp³-hybridized carbons (Fsp3) is 0.500. The minimum Gasteiger partial charge on any atom is -0.467 e. The van der Waals surface area contributed by atoms with Gasteiger partial charge in [-0.15, -0.1) is 0 Å². The predicted molar refractivity (Wildman–Crippen MR) is 108 cm³/mol. The van der Waals surface area contributed by atoms with Crippen molar-refractivity contribution in [3.8, 4) is 5.75 Å². The number of aryl methyl sites for hydroxylation is 2. The van der Waals surface area contributed by atoms with Gasteiger partial charge in [0.15, 0.2) is 5.72 Å². The highest BCUT2D eigenvalue weighted by Crippen LogP contribution is 2.52. The van der Waals surface area contributed by atoms with Crippen molar-refractivity contribution in [3.05, 3.63) is 41.2 Å². The zero-order valence-electron chi connectivity index (χ0n) is 17.0. The van der Waals surface area contributed by atoms with Crippen LogP contribution in [0.1, 0.15) is 47.4 Å². The van der Waals surface area contributed by atoms with E-state index in [4.69, 9.17) is 4.74 Å². The molecule has 7 nitrogen and oxygen atoms in total. The van der Waals surface area contributed by atoms with E-state index < -0.39 is 5.72 Å². The number of hydrogen-bond acceptors (Lipinski definition) is 4. The summed E-state index contributed by atoms with van der Waals surface area (Å²) in [5, 5.41) is 10.7. The van der Waals surface area contributed by atoms with Crippen LogP contribution in [0.4, 0.5) is 5.69 Å². The normalized spacial score (nSPS) is 29.9. The highest BCUT2D eigenvalue weighted by atomic mass is 16.5. The maximum Gasteiger partial charge on any atom is 0.258 e. The number of amides is 2. The van der Waals surface area contributed by atoms with Crippen molar-refractivity contribution in [2.24, 2.45) is 24.8 Å². The first kappa shape index (κ1) is 18.2. The average Bonchev–Trinajstić information content (AvgIpc) is 2.94. The fourth-order valence-electron chi connectivity index (χ4n) is 5.45. The number of benzene rings is 1. The number of hydrogen-bond donors (Lipinski definition) is 2. The summed E-state index contributed by atoms with van der Waals surface area (Å²) in [6, 6.07) is 7.38. The summed E-state index contributed by atoms with van der Waals surface area (Å²) in [6.07, 6.45) is 3.33. The first-order valence-corrected chi connectivity index (χ1v) is 10.3. The smallest absolute Gasteiger partial charge is 0.258 e. The molecule has 2 aromatic rings. The van der Waals surface area contributed by atoms with E-state index in [1.165, 1.54) is 0 Å². The third kappa shape index (κ3) is 2.74. The second-order valence-electron chi connectivity index (χ2n) is 8.68. The molecule has 0 radical (unpaired) electrons. The first-order valence-electron chi connectivity index (χ1n) is 10.3. The molecule has 6 rings (SSSR count). The van der Waals surface area contributed by atoms with Gasteiger partial charge < -0.3 is 15.4 Å². The molecule has 3 aliphatic carbocycles. The van der Waals surface area contributed by atoms with E-state index in [1.54, 1.807) is 10.7 Å². The number of aromatic nitrogens is 2. The zero-order chi connectivity index (χ0) is 20.3. The molecule has 3 saturated carbocycles. The second kappa shape index (κ2) is 6.34. The quantitative estimate of drug-likeness (QED) is 0.820. The predicted octanol–water partition coefficient (Wildman–Crippen LogP) is 2.93. The number of anilines is 1. The highest BCUT2D eigenvalue weighted by molar-refractivity contribution is 5.98. The highest BCUT2D eigenvalue weighted by Gasteiger charge is 2.57. The monoisotopic (exact) mass is 394 g/mol. The number of nitrogens with one attached hydrogen (secondary N) is 2. The summed E-state index contributed by atoms with van der Waals surface area (Å²) in [5.41, 5.74) is 2.48. The molecular formula is C22H26N4O3. The molecule has 2 bridgehead atoms. The van der Waals surface area contributed by atoms with Gasteiger partial charge in [0.05, 0.1) is 22.6 Å². The number of carbonyl (C=O) groups is 2. The van der Waals surface area contributed by atoms with Gasteiger partial charge in [0.1, 0.15) is 5.75 Å². The summed E-state index contributed by atoms with van der Waals surface area (Å²) in [6.45, 7) is 3.87. The molecule has 0 saturated heterocycles. The summed E-state index contributed by atoms with van der Waals surface area (Å²) in [4.78, 5) is 25.8. The Morgan fingerprint density at radius 3 is 2.79 bits per heavy atom. The fourth-order valence-corrected chi connectivity index (χ4v) is 5.45. The summed E-state index contributed by atoms with van der Waals surface area (Å²) < 4.78 is 8.16. The SMILES string of the molecule is Cc1nn(C)c(C)c1NC(=O)[C@H]1C[C@H]2CC[C@H]1C[C@@]21NC(=O)c2ccccc2O1. The number of para-hydroxylation sites is 1. The minimum absolute atomic E-state index is 0.0521. The third-order valence-corrected chi connectivity index (χ3v) is 7.06. The van der Waals surface area contributed by atoms with Gasteiger partial charge in [-0.2, -0.15) is 5.10 Å². The van der Waals surface area contributed by atoms with Gasteiger partial charge in [-0.25, -0.2) is 0 Å². The molecule has 7 heteroatoms. The Balaban J connectivity index is 1.37. The third-order valence-electron chi connectivity index (χ3n) is 7.06. The van der Waals surface area contributed by atoms with Gasteiger partial charge in [-0.05, 0) is 51.2 Å². The Morgan fingerprint density at radius 2 is 2.10 bits per heavy atom. The Labute approximate surface area is 169 Å². The lowest BCUT2D eigenvalue weighted by Gasteiger charge is -2.55. The molecule has 4 aliphatic rings. The number of carbonyl (C=O) groups excluding carboxylic acids is 2. The standard InChI is InChI=1S/C22H26N4O3/c1-12-19(13(2)26(3)25-12)23-20(27)17-10-15-9-8-14(17)11-22(15)24-21(28)16-6-4-5-7-18(16)29-22/h4-7,14-15,17H,8-11H2,1-3H3,(H,23,27)(H,24,28)/t14-,15+,17-,22-/m0/s1. The zero-order valence-corrected chi connectivity index (χ0v) is 17.0. The van der Waals surface area contributed by atoms with Crippen molar-refractivity contribution in [2.75, 3.05) is 5.32 Å². The van der Waals surface area contributed by atoms with Crippen LogP contribution in [-0.2, 0) is 11.8 Å². The summed E-state index contributed by atoms with van der Waals surface area (Å²) in [5.74, 6) is 0.847. The summed E-state index contributed by atoms with van der Waals surface area (Å²) >= 11 is 0. The number of rotatable bonds is 2. The van der Waals surface area contributed by atoms with Gasteiger partial charge in [0.2, 0.25) is 5.91 Å². The molecule has 1 aromatic carbocycles. The molecule has 1 spiro atoms. The molecule has 0 unspecified atom stereocenters.